The second-order valence-electron chi connectivity index (χ2n) is 5.53. The topological polar surface area (TPSA) is 55.1 Å². The minimum atomic E-state index is -0.265. The Morgan fingerprint density at radius 1 is 1.53 bits per heavy atom. The van der Waals surface area contributed by atoms with Crippen LogP contribution in [0.25, 0.3) is 0 Å². The average Bonchev–Trinajstić information content (AvgIpc) is 3.23. The van der Waals surface area contributed by atoms with Gasteiger partial charge in [-0.15, -0.1) is 11.8 Å². The molecule has 0 radical (unpaired) electrons. The maximum Gasteiger partial charge on any atom is 0.252 e. The Kier molecular flexibility index (Phi) is 4.21. The maximum atomic E-state index is 12.5. The third-order valence-corrected chi connectivity index (χ3v) is 4.72. The Labute approximate surface area is 119 Å². The standard InChI is InChI=1S/C15H22N2OS/c1-10-4-7-12(19-3)8-13(10)14(18)17-15(2,9-16)11-5-6-11/h4,7-8,11H,5-6,9,16H2,1-3H3,(H,17,18). The first-order valence-electron chi connectivity index (χ1n) is 6.67. The van der Waals surface area contributed by atoms with E-state index in [1.807, 2.05) is 31.4 Å². The van der Waals surface area contributed by atoms with Gasteiger partial charge in [0.15, 0.2) is 0 Å². The molecule has 2 rings (SSSR count). The molecule has 19 heavy (non-hydrogen) atoms. The summed E-state index contributed by atoms with van der Waals surface area (Å²) in [5.41, 5.74) is 7.35. The van der Waals surface area contributed by atoms with Gasteiger partial charge in [0.05, 0.1) is 5.54 Å². The molecular formula is C15H22N2OS. The van der Waals surface area contributed by atoms with Crippen LogP contribution < -0.4 is 11.1 Å². The lowest BCUT2D eigenvalue weighted by molar-refractivity contribution is 0.0897. The molecular weight excluding hydrogens is 256 g/mol. The molecule has 0 aromatic heterocycles. The third kappa shape index (κ3) is 3.12. The molecule has 1 unspecified atom stereocenters. The highest BCUT2D eigenvalue weighted by atomic mass is 32.2. The van der Waals surface area contributed by atoms with Gasteiger partial charge in [-0.05, 0) is 56.6 Å². The molecule has 1 atom stereocenters. The molecule has 104 valence electrons. The molecule has 0 bridgehead atoms. The average molecular weight is 278 g/mol. The molecule has 4 heteroatoms. The van der Waals surface area contributed by atoms with E-state index in [1.165, 1.54) is 0 Å². The van der Waals surface area contributed by atoms with E-state index in [4.69, 9.17) is 5.73 Å². The number of carbonyl (C=O) groups excluding carboxylic acids is 1. The number of aryl methyl sites for hydroxylation is 1. The van der Waals surface area contributed by atoms with E-state index in [2.05, 4.69) is 12.2 Å². The Morgan fingerprint density at radius 2 is 2.21 bits per heavy atom. The van der Waals surface area contributed by atoms with Gasteiger partial charge >= 0.3 is 0 Å². The lowest BCUT2D eigenvalue weighted by Crippen LogP contribution is -2.53. The zero-order valence-corrected chi connectivity index (χ0v) is 12.6. The van der Waals surface area contributed by atoms with Crippen molar-refractivity contribution in [1.29, 1.82) is 0 Å². The highest BCUT2D eigenvalue weighted by molar-refractivity contribution is 7.98. The van der Waals surface area contributed by atoms with Gasteiger partial charge in [0.2, 0.25) is 0 Å². The predicted octanol–water partition coefficient (Wildman–Crippen LogP) is 2.57. The molecule has 1 aromatic carbocycles. The van der Waals surface area contributed by atoms with E-state index < -0.39 is 0 Å². The van der Waals surface area contributed by atoms with Crippen LogP contribution in [0, 0.1) is 12.8 Å². The summed E-state index contributed by atoms with van der Waals surface area (Å²) in [5, 5.41) is 3.14. The van der Waals surface area contributed by atoms with E-state index >= 15 is 0 Å². The van der Waals surface area contributed by atoms with Crippen LogP contribution in [-0.2, 0) is 0 Å². The van der Waals surface area contributed by atoms with E-state index in [0.29, 0.717) is 12.5 Å². The number of hydrogen-bond donors (Lipinski definition) is 2. The van der Waals surface area contributed by atoms with Crippen molar-refractivity contribution < 1.29 is 4.79 Å². The minimum absolute atomic E-state index is 0.00625. The molecule has 0 heterocycles. The number of hydrogen-bond acceptors (Lipinski definition) is 3. The second-order valence-corrected chi connectivity index (χ2v) is 6.41. The number of thioether (sulfide) groups is 1. The number of rotatable bonds is 5. The van der Waals surface area contributed by atoms with Gasteiger partial charge in [0.25, 0.3) is 5.91 Å². The van der Waals surface area contributed by atoms with E-state index in [1.54, 1.807) is 11.8 Å². The number of amides is 1. The summed E-state index contributed by atoms with van der Waals surface area (Å²) < 4.78 is 0. The monoisotopic (exact) mass is 278 g/mol. The van der Waals surface area contributed by atoms with Crippen LogP contribution in [0.1, 0.15) is 35.7 Å². The van der Waals surface area contributed by atoms with E-state index in [9.17, 15) is 4.79 Å². The minimum Gasteiger partial charge on any atom is -0.345 e. The fraction of sp³-hybridized carbons (Fsp3) is 0.533. The van der Waals surface area contributed by atoms with Gasteiger partial charge in [-0.3, -0.25) is 4.79 Å². The Morgan fingerprint density at radius 3 is 2.74 bits per heavy atom. The first-order valence-corrected chi connectivity index (χ1v) is 7.90. The van der Waals surface area contributed by atoms with Gasteiger partial charge < -0.3 is 11.1 Å². The molecule has 3 N–H and O–H groups in total. The summed E-state index contributed by atoms with van der Waals surface area (Å²) >= 11 is 1.65. The van der Waals surface area contributed by atoms with Crippen molar-refractivity contribution >= 4 is 17.7 Å². The van der Waals surface area contributed by atoms with Crippen LogP contribution in [0.3, 0.4) is 0 Å². The van der Waals surface area contributed by atoms with Gasteiger partial charge in [-0.1, -0.05) is 6.07 Å². The van der Waals surface area contributed by atoms with Crippen molar-refractivity contribution in [2.45, 2.75) is 37.1 Å². The molecule has 1 aromatic rings. The third-order valence-electron chi connectivity index (χ3n) is 3.99. The maximum absolute atomic E-state index is 12.5. The largest absolute Gasteiger partial charge is 0.345 e. The number of nitrogens with one attached hydrogen (secondary N) is 1. The van der Waals surface area contributed by atoms with Gasteiger partial charge in [-0.2, -0.15) is 0 Å². The fourth-order valence-electron chi connectivity index (χ4n) is 2.34. The SMILES string of the molecule is CSc1ccc(C)c(C(=O)NC(C)(CN)C2CC2)c1. The Hall–Kier alpha value is -1.00. The molecule has 1 amide bonds. The first kappa shape index (κ1) is 14.4. The number of carbonyl (C=O) groups is 1. The smallest absolute Gasteiger partial charge is 0.252 e. The second kappa shape index (κ2) is 5.55. The predicted molar refractivity (Wildman–Crippen MR) is 80.6 cm³/mol. The lowest BCUT2D eigenvalue weighted by Gasteiger charge is -2.29. The van der Waals surface area contributed by atoms with Crippen LogP contribution >= 0.6 is 11.8 Å². The van der Waals surface area contributed by atoms with Crippen molar-refractivity contribution in [2.24, 2.45) is 11.7 Å². The Balaban J connectivity index is 2.19. The summed E-state index contributed by atoms with van der Waals surface area (Å²) in [6, 6.07) is 6.00. The van der Waals surface area contributed by atoms with Crippen molar-refractivity contribution in [2.75, 3.05) is 12.8 Å². The Bertz CT molecular complexity index is 485. The lowest BCUT2D eigenvalue weighted by atomic mass is 9.95. The zero-order chi connectivity index (χ0) is 14.0. The van der Waals surface area contributed by atoms with E-state index in [-0.39, 0.29) is 11.4 Å². The molecule has 1 aliphatic carbocycles. The van der Waals surface area contributed by atoms with Crippen molar-refractivity contribution in [3.05, 3.63) is 29.3 Å². The molecule has 1 fully saturated rings. The summed E-state index contributed by atoms with van der Waals surface area (Å²) in [6.45, 7) is 4.51. The summed E-state index contributed by atoms with van der Waals surface area (Å²) in [5.74, 6) is 0.527. The summed E-state index contributed by atoms with van der Waals surface area (Å²) in [4.78, 5) is 13.6. The highest BCUT2D eigenvalue weighted by Gasteiger charge is 2.41. The van der Waals surface area contributed by atoms with Gasteiger partial charge in [0.1, 0.15) is 0 Å². The van der Waals surface area contributed by atoms with Crippen LogP contribution in [0.15, 0.2) is 23.1 Å². The molecule has 3 nitrogen and oxygen atoms in total. The first-order chi connectivity index (χ1) is 9.00. The van der Waals surface area contributed by atoms with Crippen molar-refractivity contribution in [3.63, 3.8) is 0 Å². The molecule has 1 aliphatic rings. The van der Waals surface area contributed by atoms with Crippen molar-refractivity contribution in [1.82, 2.24) is 5.32 Å². The van der Waals surface area contributed by atoms with E-state index in [0.717, 1.165) is 28.9 Å². The molecule has 0 aliphatic heterocycles. The van der Waals surface area contributed by atoms with Crippen LogP contribution in [0.4, 0.5) is 0 Å². The van der Waals surface area contributed by atoms with Crippen LogP contribution in [0.2, 0.25) is 0 Å². The molecule has 1 saturated carbocycles. The van der Waals surface area contributed by atoms with Crippen molar-refractivity contribution in [3.8, 4) is 0 Å². The number of nitrogens with two attached hydrogens (primary N) is 1. The van der Waals surface area contributed by atoms with Crippen LogP contribution in [0.5, 0.6) is 0 Å². The normalized spacial score (nSPS) is 17.9. The zero-order valence-electron chi connectivity index (χ0n) is 11.8. The molecule has 0 saturated heterocycles. The molecule has 0 spiro atoms. The van der Waals surface area contributed by atoms with Crippen LogP contribution in [-0.4, -0.2) is 24.2 Å². The van der Waals surface area contributed by atoms with Gasteiger partial charge in [0, 0.05) is 17.0 Å². The quantitative estimate of drug-likeness (QED) is 0.814. The summed E-state index contributed by atoms with van der Waals surface area (Å²) in [6.07, 6.45) is 4.34. The number of benzene rings is 1. The fourth-order valence-corrected chi connectivity index (χ4v) is 2.78. The van der Waals surface area contributed by atoms with Gasteiger partial charge in [-0.25, -0.2) is 0 Å². The highest BCUT2D eigenvalue weighted by Crippen LogP contribution is 2.39. The summed E-state index contributed by atoms with van der Waals surface area (Å²) in [7, 11) is 0.